The Morgan fingerprint density at radius 3 is 2.56 bits per heavy atom. The highest BCUT2D eigenvalue weighted by atomic mass is 35.5. The number of hydrogen-bond donors (Lipinski definition) is 2. The lowest BCUT2D eigenvalue weighted by atomic mass is 10.2. The van der Waals surface area contributed by atoms with Crippen molar-refractivity contribution in [3.63, 3.8) is 0 Å². The molecule has 8 heteroatoms. The van der Waals surface area contributed by atoms with Crippen LogP contribution in [0.5, 0.6) is 0 Å². The molecule has 0 radical (unpaired) electrons. The fourth-order valence-corrected chi connectivity index (χ4v) is 2.53. The van der Waals surface area contributed by atoms with Gasteiger partial charge in [0.2, 0.25) is 5.91 Å². The second-order valence-electron chi connectivity index (χ2n) is 4.81. The molecule has 0 aromatic heterocycles. The average molecular weight is 394 g/mol. The topological polar surface area (TPSA) is 81.3 Å². The summed E-state index contributed by atoms with van der Waals surface area (Å²) in [7, 11) is 0. The van der Waals surface area contributed by atoms with E-state index < -0.39 is 11.9 Å². The Labute approximate surface area is 159 Å². The highest BCUT2D eigenvalue weighted by Gasteiger charge is 2.04. The zero-order chi connectivity index (χ0) is 18.4. The average Bonchev–Trinajstić information content (AvgIpc) is 2.54. The van der Waals surface area contributed by atoms with Gasteiger partial charge in [-0.05, 0) is 53.7 Å². The summed E-state index contributed by atoms with van der Waals surface area (Å²) in [6, 6.07) is 10.8. The summed E-state index contributed by atoms with van der Waals surface area (Å²) < 4.78 is 0. The van der Waals surface area contributed by atoms with Crippen molar-refractivity contribution in [3.8, 4) is 0 Å². The van der Waals surface area contributed by atoms with E-state index in [4.69, 9.17) is 35.4 Å². The minimum atomic E-state index is -1.30. The standard InChI is InChI=1S/C17H12Cl2N2O3S/c18-12-6-4-10(14(19)9-12)5-7-15(22)21-17(25)20-13-3-1-2-11(8-13)16(23)24/h1-9H,(H,23,24)(H2,20,21,22,25)/p-1/b7-5+. The third kappa shape index (κ3) is 5.86. The van der Waals surface area contributed by atoms with E-state index in [0.717, 1.165) is 0 Å². The summed E-state index contributed by atoms with van der Waals surface area (Å²) in [5, 5.41) is 16.9. The summed E-state index contributed by atoms with van der Waals surface area (Å²) in [4.78, 5) is 22.7. The van der Waals surface area contributed by atoms with Crippen molar-refractivity contribution in [1.29, 1.82) is 0 Å². The number of halogens is 2. The molecule has 2 rings (SSSR count). The van der Waals surface area contributed by atoms with Crippen molar-refractivity contribution in [1.82, 2.24) is 5.32 Å². The summed E-state index contributed by atoms with van der Waals surface area (Å²) in [6.45, 7) is 0. The van der Waals surface area contributed by atoms with Gasteiger partial charge in [0.1, 0.15) is 0 Å². The van der Waals surface area contributed by atoms with Gasteiger partial charge in [-0.25, -0.2) is 0 Å². The molecule has 5 nitrogen and oxygen atoms in total. The number of amides is 1. The third-order valence-corrected chi connectivity index (χ3v) is 3.74. The first-order valence-corrected chi connectivity index (χ1v) is 8.08. The van der Waals surface area contributed by atoms with Crippen molar-refractivity contribution < 1.29 is 14.7 Å². The van der Waals surface area contributed by atoms with Gasteiger partial charge >= 0.3 is 0 Å². The van der Waals surface area contributed by atoms with Gasteiger partial charge in [0.15, 0.2) is 5.11 Å². The number of carboxylic acid groups (broad SMARTS) is 1. The van der Waals surface area contributed by atoms with Crippen molar-refractivity contribution in [2.75, 3.05) is 5.32 Å². The number of carbonyl (C=O) groups excluding carboxylic acids is 2. The number of hydrogen-bond acceptors (Lipinski definition) is 4. The van der Waals surface area contributed by atoms with Crippen LogP contribution in [0.2, 0.25) is 10.0 Å². The molecule has 0 atom stereocenters. The molecule has 2 N–H and O–H groups in total. The first-order valence-electron chi connectivity index (χ1n) is 6.91. The van der Waals surface area contributed by atoms with Crippen LogP contribution in [0, 0.1) is 0 Å². The Morgan fingerprint density at radius 1 is 1.12 bits per heavy atom. The van der Waals surface area contributed by atoms with E-state index in [1.807, 2.05) is 0 Å². The molecule has 0 spiro atoms. The Hall–Kier alpha value is -2.41. The molecule has 0 bridgehead atoms. The monoisotopic (exact) mass is 393 g/mol. The van der Waals surface area contributed by atoms with E-state index >= 15 is 0 Å². The lowest BCUT2D eigenvalue weighted by molar-refractivity contribution is -0.255. The molecular formula is C17H11Cl2N2O3S-. The number of nitrogens with one attached hydrogen (secondary N) is 2. The molecule has 0 aliphatic carbocycles. The summed E-state index contributed by atoms with van der Waals surface area (Å²) >= 11 is 16.8. The number of carbonyl (C=O) groups is 2. The molecule has 0 aliphatic heterocycles. The fourth-order valence-electron chi connectivity index (χ4n) is 1.84. The third-order valence-electron chi connectivity index (χ3n) is 2.97. The maximum Gasteiger partial charge on any atom is 0.250 e. The quantitative estimate of drug-likeness (QED) is 0.616. The highest BCUT2D eigenvalue weighted by molar-refractivity contribution is 7.80. The van der Waals surface area contributed by atoms with Crippen LogP contribution in [0.3, 0.4) is 0 Å². The largest absolute Gasteiger partial charge is 0.545 e. The van der Waals surface area contributed by atoms with E-state index in [1.165, 1.54) is 30.4 Å². The number of aromatic carboxylic acids is 1. The fraction of sp³-hybridized carbons (Fsp3) is 0. The molecule has 0 saturated heterocycles. The summed E-state index contributed by atoms with van der Waals surface area (Å²) in [5.41, 5.74) is 1.04. The molecule has 0 saturated carbocycles. The first-order chi connectivity index (χ1) is 11.8. The van der Waals surface area contributed by atoms with Gasteiger partial charge in [-0.3, -0.25) is 10.1 Å². The second kappa shape index (κ2) is 8.62. The molecule has 0 heterocycles. The van der Waals surface area contributed by atoms with E-state index in [-0.39, 0.29) is 10.7 Å². The van der Waals surface area contributed by atoms with Crippen LogP contribution in [0.15, 0.2) is 48.5 Å². The van der Waals surface area contributed by atoms with E-state index in [0.29, 0.717) is 21.3 Å². The number of carboxylic acids is 1. The van der Waals surface area contributed by atoms with Gasteiger partial charge in [-0.15, -0.1) is 0 Å². The minimum Gasteiger partial charge on any atom is -0.545 e. The molecule has 2 aromatic carbocycles. The maximum atomic E-state index is 11.9. The number of thiocarbonyl (C=S) groups is 1. The Morgan fingerprint density at radius 2 is 1.88 bits per heavy atom. The molecular weight excluding hydrogens is 383 g/mol. The Balaban J connectivity index is 1.96. The second-order valence-corrected chi connectivity index (χ2v) is 6.06. The lowest BCUT2D eigenvalue weighted by Crippen LogP contribution is -2.33. The van der Waals surface area contributed by atoms with E-state index in [9.17, 15) is 14.7 Å². The highest BCUT2D eigenvalue weighted by Crippen LogP contribution is 2.21. The summed E-state index contributed by atoms with van der Waals surface area (Å²) in [6.07, 6.45) is 2.79. The lowest BCUT2D eigenvalue weighted by Gasteiger charge is -2.10. The number of benzene rings is 2. The normalized spacial score (nSPS) is 10.5. The zero-order valence-corrected chi connectivity index (χ0v) is 14.9. The molecule has 0 unspecified atom stereocenters. The van der Waals surface area contributed by atoms with Crippen LogP contribution < -0.4 is 15.7 Å². The van der Waals surface area contributed by atoms with Gasteiger partial charge in [-0.1, -0.05) is 41.4 Å². The molecule has 1 amide bonds. The van der Waals surface area contributed by atoms with Crippen LogP contribution in [0.4, 0.5) is 5.69 Å². The van der Waals surface area contributed by atoms with Gasteiger partial charge in [0.05, 0.1) is 5.97 Å². The van der Waals surface area contributed by atoms with Gasteiger partial charge < -0.3 is 15.2 Å². The Kier molecular flexibility index (Phi) is 6.52. The molecule has 25 heavy (non-hydrogen) atoms. The predicted molar refractivity (Wildman–Crippen MR) is 101 cm³/mol. The van der Waals surface area contributed by atoms with Crippen LogP contribution in [0.25, 0.3) is 6.08 Å². The first kappa shape index (κ1) is 18.9. The Bertz CT molecular complexity index is 869. The SMILES string of the molecule is O=C(/C=C/c1ccc(Cl)cc1Cl)NC(=S)Nc1cccc(C(=O)[O-])c1. The van der Waals surface area contributed by atoms with E-state index in [2.05, 4.69) is 10.6 Å². The van der Waals surface area contributed by atoms with Crippen LogP contribution >= 0.6 is 35.4 Å². The van der Waals surface area contributed by atoms with Crippen LogP contribution in [0.1, 0.15) is 15.9 Å². The van der Waals surface area contributed by atoms with Gasteiger partial charge in [0, 0.05) is 21.8 Å². The maximum absolute atomic E-state index is 11.9. The molecule has 128 valence electrons. The van der Waals surface area contributed by atoms with Crippen LogP contribution in [-0.4, -0.2) is 17.0 Å². The minimum absolute atomic E-state index is 0.00333. The zero-order valence-electron chi connectivity index (χ0n) is 12.6. The molecule has 0 fully saturated rings. The van der Waals surface area contributed by atoms with E-state index in [1.54, 1.807) is 24.3 Å². The molecule has 2 aromatic rings. The van der Waals surface area contributed by atoms with Crippen molar-refractivity contribution >= 4 is 64.2 Å². The number of rotatable bonds is 4. The van der Waals surface area contributed by atoms with Crippen molar-refractivity contribution in [2.24, 2.45) is 0 Å². The van der Waals surface area contributed by atoms with Gasteiger partial charge in [-0.2, -0.15) is 0 Å². The number of anilines is 1. The smallest absolute Gasteiger partial charge is 0.250 e. The van der Waals surface area contributed by atoms with Crippen molar-refractivity contribution in [3.05, 3.63) is 69.7 Å². The van der Waals surface area contributed by atoms with Crippen molar-refractivity contribution in [2.45, 2.75) is 0 Å². The summed E-state index contributed by atoms with van der Waals surface area (Å²) in [5.74, 6) is -1.78. The molecule has 0 aliphatic rings. The van der Waals surface area contributed by atoms with Gasteiger partial charge in [0.25, 0.3) is 0 Å². The van der Waals surface area contributed by atoms with Crippen LogP contribution in [-0.2, 0) is 4.79 Å². The predicted octanol–water partition coefficient (Wildman–Crippen LogP) is 2.88.